The molecule has 1 saturated heterocycles. The van der Waals surface area contributed by atoms with Crippen LogP contribution in [0, 0.1) is 0 Å². The summed E-state index contributed by atoms with van der Waals surface area (Å²) in [6.45, 7) is 0.780. The Hall–Kier alpha value is -0.610. The zero-order chi connectivity index (χ0) is 8.10. The van der Waals surface area contributed by atoms with Crippen molar-refractivity contribution in [3.63, 3.8) is 0 Å². The summed E-state index contributed by atoms with van der Waals surface area (Å²) in [5.41, 5.74) is 2.09. The Kier molecular flexibility index (Phi) is 3.32. The van der Waals surface area contributed by atoms with Gasteiger partial charge in [-0.3, -0.25) is 10.2 Å². The van der Waals surface area contributed by atoms with Crippen LogP contribution in [0.3, 0.4) is 0 Å². The Morgan fingerprint density at radius 1 is 1.64 bits per heavy atom. The molecule has 0 aliphatic carbocycles. The van der Waals surface area contributed by atoms with Crippen LogP contribution < -0.4 is 11.3 Å². The Labute approximate surface area is 66.1 Å². The number of nitrogens with two attached hydrogens (primary N) is 1. The maximum Gasteiger partial charge on any atom is 0.236 e. The van der Waals surface area contributed by atoms with Gasteiger partial charge in [-0.15, -0.1) is 0 Å². The van der Waals surface area contributed by atoms with E-state index in [9.17, 15) is 4.79 Å². The minimum absolute atomic E-state index is 0.0901. The number of hydrogen-bond donors (Lipinski definition) is 2. The maximum atomic E-state index is 10.8. The number of ether oxygens (including phenoxy) is 1. The quantitative estimate of drug-likeness (QED) is 0.336. The fourth-order valence-corrected chi connectivity index (χ4v) is 1.23. The number of rotatable bonds is 2. The lowest BCUT2D eigenvalue weighted by Gasteiger charge is -2.21. The van der Waals surface area contributed by atoms with Crippen LogP contribution in [0.1, 0.15) is 25.7 Å². The lowest BCUT2D eigenvalue weighted by molar-refractivity contribution is -0.124. The number of hydrogen-bond acceptors (Lipinski definition) is 3. The highest BCUT2D eigenvalue weighted by Gasteiger charge is 2.16. The van der Waals surface area contributed by atoms with E-state index < -0.39 is 0 Å². The summed E-state index contributed by atoms with van der Waals surface area (Å²) in [4.78, 5) is 10.8. The predicted molar refractivity (Wildman–Crippen MR) is 40.5 cm³/mol. The Bertz CT molecular complexity index is 132. The third-order valence-corrected chi connectivity index (χ3v) is 1.85. The van der Waals surface area contributed by atoms with E-state index >= 15 is 0 Å². The summed E-state index contributed by atoms with van der Waals surface area (Å²) in [5.74, 6) is 4.79. The van der Waals surface area contributed by atoms with Gasteiger partial charge in [0.05, 0.1) is 12.5 Å². The highest BCUT2D eigenvalue weighted by molar-refractivity contribution is 5.75. The predicted octanol–water partition coefficient (Wildman–Crippen LogP) is -0.0645. The van der Waals surface area contributed by atoms with Crippen molar-refractivity contribution in [1.82, 2.24) is 5.43 Å². The van der Waals surface area contributed by atoms with Crippen molar-refractivity contribution in [1.29, 1.82) is 0 Å². The summed E-state index contributed by atoms with van der Waals surface area (Å²) in [6, 6.07) is 0. The molecule has 1 aliphatic rings. The van der Waals surface area contributed by atoms with Gasteiger partial charge in [0.2, 0.25) is 5.91 Å². The van der Waals surface area contributed by atoms with E-state index in [-0.39, 0.29) is 12.0 Å². The van der Waals surface area contributed by atoms with Crippen molar-refractivity contribution in [3.05, 3.63) is 0 Å². The first-order valence-corrected chi connectivity index (χ1v) is 3.94. The zero-order valence-corrected chi connectivity index (χ0v) is 6.51. The van der Waals surface area contributed by atoms with E-state index in [1.165, 1.54) is 0 Å². The van der Waals surface area contributed by atoms with Crippen LogP contribution >= 0.6 is 0 Å². The van der Waals surface area contributed by atoms with Crippen molar-refractivity contribution < 1.29 is 9.53 Å². The van der Waals surface area contributed by atoms with Gasteiger partial charge in [-0.1, -0.05) is 0 Å². The fraction of sp³-hybridized carbons (Fsp3) is 0.857. The Balaban J connectivity index is 2.19. The molecule has 3 N–H and O–H groups in total. The van der Waals surface area contributed by atoms with Crippen LogP contribution in [0.5, 0.6) is 0 Å². The molecular formula is C7H14N2O2. The lowest BCUT2D eigenvalue weighted by atomic mass is 10.1. The standard InChI is InChI=1S/C7H14N2O2/c8-9-7(10)5-6-3-1-2-4-11-6/h6H,1-5,8H2,(H,9,10). The molecule has 0 bridgehead atoms. The molecule has 1 fully saturated rings. The lowest BCUT2D eigenvalue weighted by Crippen LogP contribution is -2.34. The van der Waals surface area contributed by atoms with Gasteiger partial charge < -0.3 is 4.74 Å². The topological polar surface area (TPSA) is 64.3 Å². The van der Waals surface area contributed by atoms with Crippen molar-refractivity contribution >= 4 is 5.91 Å². The van der Waals surface area contributed by atoms with Gasteiger partial charge in [-0.05, 0) is 19.3 Å². The summed E-state index contributed by atoms with van der Waals surface area (Å²) in [5, 5.41) is 0. The summed E-state index contributed by atoms with van der Waals surface area (Å²) in [7, 11) is 0. The average molecular weight is 158 g/mol. The average Bonchev–Trinajstić information content (AvgIpc) is 2.06. The Morgan fingerprint density at radius 2 is 2.45 bits per heavy atom. The van der Waals surface area contributed by atoms with Crippen LogP contribution in [0.4, 0.5) is 0 Å². The first-order valence-electron chi connectivity index (χ1n) is 3.94. The first-order chi connectivity index (χ1) is 5.33. The van der Waals surface area contributed by atoms with E-state index in [2.05, 4.69) is 5.43 Å². The molecule has 0 aromatic carbocycles. The molecule has 64 valence electrons. The van der Waals surface area contributed by atoms with Crippen LogP contribution in [0.2, 0.25) is 0 Å². The molecule has 11 heavy (non-hydrogen) atoms. The SMILES string of the molecule is NNC(=O)CC1CCCCO1. The highest BCUT2D eigenvalue weighted by atomic mass is 16.5. The normalized spacial score (nSPS) is 24.6. The molecule has 4 heteroatoms. The van der Waals surface area contributed by atoms with Gasteiger partial charge in [0, 0.05) is 6.61 Å². The zero-order valence-electron chi connectivity index (χ0n) is 6.51. The molecule has 0 aromatic rings. The first kappa shape index (κ1) is 8.49. The molecule has 1 unspecified atom stereocenters. The van der Waals surface area contributed by atoms with E-state index in [1.54, 1.807) is 0 Å². The van der Waals surface area contributed by atoms with Crippen LogP contribution in [-0.4, -0.2) is 18.6 Å². The van der Waals surface area contributed by atoms with Gasteiger partial charge in [-0.25, -0.2) is 5.84 Å². The van der Waals surface area contributed by atoms with Gasteiger partial charge in [-0.2, -0.15) is 0 Å². The van der Waals surface area contributed by atoms with E-state index in [4.69, 9.17) is 10.6 Å². The number of carbonyl (C=O) groups excluding carboxylic acids is 1. The molecular weight excluding hydrogens is 144 g/mol. The molecule has 1 amide bonds. The molecule has 1 rings (SSSR count). The smallest absolute Gasteiger partial charge is 0.236 e. The van der Waals surface area contributed by atoms with Crippen LogP contribution in [-0.2, 0) is 9.53 Å². The van der Waals surface area contributed by atoms with Gasteiger partial charge in [0.15, 0.2) is 0 Å². The second kappa shape index (κ2) is 4.31. The summed E-state index contributed by atoms with van der Waals surface area (Å²) in [6.07, 6.45) is 3.74. The van der Waals surface area contributed by atoms with Crippen molar-refractivity contribution in [2.75, 3.05) is 6.61 Å². The van der Waals surface area contributed by atoms with Gasteiger partial charge in [0.1, 0.15) is 0 Å². The van der Waals surface area contributed by atoms with E-state index in [0.29, 0.717) is 6.42 Å². The molecule has 1 aliphatic heterocycles. The van der Waals surface area contributed by atoms with Crippen LogP contribution in [0.25, 0.3) is 0 Å². The molecule has 0 saturated carbocycles. The van der Waals surface area contributed by atoms with Crippen LogP contribution in [0.15, 0.2) is 0 Å². The third kappa shape index (κ3) is 2.86. The van der Waals surface area contributed by atoms with Crippen molar-refractivity contribution in [2.24, 2.45) is 5.84 Å². The Morgan fingerprint density at radius 3 is 3.00 bits per heavy atom. The van der Waals surface area contributed by atoms with E-state index in [1.807, 2.05) is 0 Å². The second-order valence-electron chi connectivity index (χ2n) is 2.76. The molecule has 4 nitrogen and oxygen atoms in total. The number of nitrogens with one attached hydrogen (secondary N) is 1. The fourth-order valence-electron chi connectivity index (χ4n) is 1.23. The van der Waals surface area contributed by atoms with Crippen molar-refractivity contribution in [3.8, 4) is 0 Å². The maximum absolute atomic E-state index is 10.8. The highest BCUT2D eigenvalue weighted by Crippen LogP contribution is 2.14. The molecule has 1 heterocycles. The molecule has 0 aromatic heterocycles. The van der Waals surface area contributed by atoms with E-state index in [0.717, 1.165) is 25.9 Å². The molecule has 1 atom stereocenters. The summed E-state index contributed by atoms with van der Waals surface area (Å²) < 4.78 is 5.33. The van der Waals surface area contributed by atoms with Crippen molar-refractivity contribution in [2.45, 2.75) is 31.8 Å². The third-order valence-electron chi connectivity index (χ3n) is 1.85. The minimum atomic E-state index is -0.142. The molecule has 0 radical (unpaired) electrons. The van der Waals surface area contributed by atoms with Gasteiger partial charge >= 0.3 is 0 Å². The number of carbonyl (C=O) groups is 1. The largest absolute Gasteiger partial charge is 0.378 e. The summed E-state index contributed by atoms with van der Waals surface area (Å²) >= 11 is 0. The molecule has 0 spiro atoms. The monoisotopic (exact) mass is 158 g/mol. The minimum Gasteiger partial charge on any atom is -0.378 e. The number of hydrazine groups is 1. The van der Waals surface area contributed by atoms with Gasteiger partial charge in [0.25, 0.3) is 0 Å². The number of amides is 1. The second-order valence-corrected chi connectivity index (χ2v) is 2.76.